The molecule has 1 aromatic rings. The van der Waals surface area contributed by atoms with E-state index >= 15 is 0 Å². The first-order chi connectivity index (χ1) is 17.9. The van der Waals surface area contributed by atoms with Crippen LogP contribution in [0.2, 0.25) is 0 Å². The molecule has 0 bridgehead atoms. The van der Waals surface area contributed by atoms with Crippen molar-refractivity contribution in [2.45, 2.75) is 36.8 Å². The Bertz CT molecular complexity index is 829. The minimum atomic E-state index is -0.274. The molecule has 10 heteroatoms. The van der Waals surface area contributed by atoms with Crippen molar-refractivity contribution in [1.29, 1.82) is 0 Å². The van der Waals surface area contributed by atoms with Gasteiger partial charge in [0.25, 0.3) is 0 Å². The Morgan fingerprint density at radius 1 is 0.946 bits per heavy atom. The molecule has 0 aromatic heterocycles. The molecular formula is C27H44N4O6. The van der Waals surface area contributed by atoms with Crippen LogP contribution in [0.1, 0.15) is 31.2 Å². The molecule has 1 saturated heterocycles. The average Bonchev–Trinajstić information content (AvgIpc) is 3.19. The normalized spacial score (nSPS) is 23.6. The van der Waals surface area contributed by atoms with Crippen LogP contribution in [0.15, 0.2) is 30.3 Å². The number of amides is 3. The standard InChI is InChI=1S/C27H44N4O6/c1-30(2)27(23-7-5-4-6-8-23)11-9-26(10-12-27)22-31(25(33)29-26)21-24(32)28-13-14-35-17-18-37-20-19-36-16-15-34-3/h4-8H,9-22H2,1-3H3,(H,28,32)(H,29,33). The number of benzene rings is 1. The number of carbonyl (C=O) groups is 2. The van der Waals surface area contributed by atoms with Crippen LogP contribution in [0.4, 0.5) is 4.79 Å². The first-order valence-corrected chi connectivity index (χ1v) is 13.2. The minimum absolute atomic E-state index is 0.0368. The molecule has 37 heavy (non-hydrogen) atoms. The van der Waals surface area contributed by atoms with Gasteiger partial charge in [-0.1, -0.05) is 30.3 Å². The quantitative estimate of drug-likeness (QED) is 0.319. The lowest BCUT2D eigenvalue weighted by molar-refractivity contribution is -0.121. The van der Waals surface area contributed by atoms with Gasteiger partial charge >= 0.3 is 6.03 Å². The molecule has 1 aromatic carbocycles. The summed E-state index contributed by atoms with van der Waals surface area (Å²) in [4.78, 5) is 29.1. The van der Waals surface area contributed by atoms with E-state index in [1.807, 2.05) is 6.07 Å². The Kier molecular flexibility index (Phi) is 11.6. The first-order valence-electron chi connectivity index (χ1n) is 13.2. The van der Waals surface area contributed by atoms with Crippen LogP contribution >= 0.6 is 0 Å². The molecule has 3 rings (SSSR count). The molecule has 2 fully saturated rings. The van der Waals surface area contributed by atoms with E-state index in [1.54, 1.807) is 12.0 Å². The molecule has 0 unspecified atom stereocenters. The Labute approximate surface area is 220 Å². The summed E-state index contributed by atoms with van der Waals surface area (Å²) in [5, 5.41) is 6.04. The van der Waals surface area contributed by atoms with E-state index in [0.29, 0.717) is 59.3 Å². The second-order valence-electron chi connectivity index (χ2n) is 10.0. The predicted octanol–water partition coefficient (Wildman–Crippen LogP) is 1.59. The van der Waals surface area contributed by atoms with Crippen molar-refractivity contribution in [2.24, 2.45) is 0 Å². The van der Waals surface area contributed by atoms with Gasteiger partial charge in [-0.15, -0.1) is 0 Å². The van der Waals surface area contributed by atoms with Crippen LogP contribution in [-0.4, -0.2) is 114 Å². The Hall–Kier alpha value is -2.24. The van der Waals surface area contributed by atoms with E-state index in [9.17, 15) is 9.59 Å². The zero-order chi connectivity index (χ0) is 26.6. The van der Waals surface area contributed by atoms with E-state index in [2.05, 4.69) is 53.9 Å². The summed E-state index contributed by atoms with van der Waals surface area (Å²) in [6, 6.07) is 10.4. The van der Waals surface area contributed by atoms with Gasteiger partial charge in [0, 0.05) is 25.7 Å². The number of nitrogens with one attached hydrogen (secondary N) is 2. The monoisotopic (exact) mass is 520 g/mol. The van der Waals surface area contributed by atoms with Crippen LogP contribution in [0.5, 0.6) is 0 Å². The van der Waals surface area contributed by atoms with E-state index in [0.717, 1.165) is 25.7 Å². The van der Waals surface area contributed by atoms with Crippen LogP contribution in [0.3, 0.4) is 0 Å². The molecule has 2 N–H and O–H groups in total. The van der Waals surface area contributed by atoms with Crippen molar-refractivity contribution in [1.82, 2.24) is 20.4 Å². The fourth-order valence-electron chi connectivity index (χ4n) is 5.25. The lowest BCUT2D eigenvalue weighted by atomic mass is 9.69. The number of hydrogen-bond acceptors (Lipinski definition) is 7. The second-order valence-corrected chi connectivity index (χ2v) is 10.0. The zero-order valence-corrected chi connectivity index (χ0v) is 22.6. The number of urea groups is 1. The van der Waals surface area contributed by atoms with Gasteiger partial charge in [-0.3, -0.25) is 9.69 Å². The molecule has 1 heterocycles. The summed E-state index contributed by atoms with van der Waals surface area (Å²) in [6.07, 6.45) is 3.65. The molecule has 3 amide bonds. The molecule has 0 atom stereocenters. The highest BCUT2D eigenvalue weighted by Gasteiger charge is 2.50. The fourth-order valence-corrected chi connectivity index (χ4v) is 5.25. The number of carbonyl (C=O) groups excluding carboxylic acids is 2. The van der Waals surface area contributed by atoms with E-state index in [4.69, 9.17) is 18.9 Å². The molecule has 0 radical (unpaired) electrons. The van der Waals surface area contributed by atoms with Crippen molar-refractivity contribution < 1.29 is 28.5 Å². The number of hydrogen-bond donors (Lipinski definition) is 2. The SMILES string of the molecule is COCCOCCOCCOCCNC(=O)CN1CC2(CCC(c3ccccc3)(N(C)C)CC2)NC1=O. The van der Waals surface area contributed by atoms with Crippen molar-refractivity contribution in [3.05, 3.63) is 35.9 Å². The van der Waals surface area contributed by atoms with Gasteiger partial charge in [0.05, 0.1) is 51.8 Å². The van der Waals surface area contributed by atoms with Gasteiger partial charge < -0.3 is 34.5 Å². The summed E-state index contributed by atoms with van der Waals surface area (Å²) < 4.78 is 21.1. The molecule has 1 aliphatic heterocycles. The maximum atomic E-state index is 12.7. The number of ether oxygens (including phenoxy) is 4. The van der Waals surface area contributed by atoms with Crippen molar-refractivity contribution in [2.75, 3.05) is 87.1 Å². The maximum absolute atomic E-state index is 12.7. The van der Waals surface area contributed by atoms with E-state index < -0.39 is 0 Å². The Morgan fingerprint density at radius 3 is 2.14 bits per heavy atom. The van der Waals surface area contributed by atoms with Gasteiger partial charge in [0.15, 0.2) is 0 Å². The summed E-state index contributed by atoms with van der Waals surface area (Å²) in [7, 11) is 5.90. The highest BCUT2D eigenvalue weighted by Crippen LogP contribution is 2.45. The van der Waals surface area contributed by atoms with E-state index in [-0.39, 0.29) is 29.6 Å². The Balaban J connectivity index is 1.32. The van der Waals surface area contributed by atoms with E-state index in [1.165, 1.54) is 5.56 Å². The second kappa shape index (κ2) is 14.6. The third kappa shape index (κ3) is 8.38. The lowest BCUT2D eigenvalue weighted by Gasteiger charge is -2.48. The topological polar surface area (TPSA) is 102 Å². The molecule has 1 saturated carbocycles. The molecular weight excluding hydrogens is 476 g/mol. The van der Waals surface area contributed by atoms with Crippen LogP contribution < -0.4 is 10.6 Å². The summed E-state index contributed by atoms with van der Waals surface area (Å²) in [6.45, 7) is 4.46. The fraction of sp³-hybridized carbons (Fsp3) is 0.704. The zero-order valence-electron chi connectivity index (χ0n) is 22.6. The first kappa shape index (κ1) is 29.3. The molecule has 2 aliphatic rings. The smallest absolute Gasteiger partial charge is 0.318 e. The minimum Gasteiger partial charge on any atom is -0.382 e. The van der Waals surface area contributed by atoms with Crippen LogP contribution in [0, 0.1) is 0 Å². The molecule has 1 aliphatic carbocycles. The van der Waals surface area contributed by atoms with Crippen molar-refractivity contribution in [3.8, 4) is 0 Å². The molecule has 10 nitrogen and oxygen atoms in total. The number of methoxy groups -OCH3 is 1. The summed E-state index contributed by atoms with van der Waals surface area (Å²) >= 11 is 0. The lowest BCUT2D eigenvalue weighted by Crippen LogP contribution is -2.54. The summed E-state index contributed by atoms with van der Waals surface area (Å²) in [5.41, 5.74) is 1.00. The largest absolute Gasteiger partial charge is 0.382 e. The average molecular weight is 521 g/mol. The van der Waals surface area contributed by atoms with Gasteiger partial charge in [0.1, 0.15) is 6.54 Å². The highest BCUT2D eigenvalue weighted by atomic mass is 16.6. The van der Waals surface area contributed by atoms with Gasteiger partial charge in [-0.2, -0.15) is 0 Å². The van der Waals surface area contributed by atoms with Crippen molar-refractivity contribution in [3.63, 3.8) is 0 Å². The number of nitrogens with zero attached hydrogens (tertiary/aromatic N) is 2. The Morgan fingerprint density at radius 2 is 1.54 bits per heavy atom. The maximum Gasteiger partial charge on any atom is 0.318 e. The van der Waals surface area contributed by atoms with Gasteiger partial charge in [-0.25, -0.2) is 4.79 Å². The van der Waals surface area contributed by atoms with Crippen LogP contribution in [0.25, 0.3) is 0 Å². The molecule has 1 spiro atoms. The number of rotatable bonds is 16. The summed E-state index contributed by atoms with van der Waals surface area (Å²) in [5.74, 6) is -0.178. The third-order valence-corrected chi connectivity index (χ3v) is 7.43. The molecule has 208 valence electrons. The van der Waals surface area contributed by atoms with Crippen LogP contribution in [-0.2, 0) is 29.3 Å². The van der Waals surface area contributed by atoms with Gasteiger partial charge in [-0.05, 0) is 45.3 Å². The predicted molar refractivity (Wildman–Crippen MR) is 140 cm³/mol. The highest BCUT2D eigenvalue weighted by molar-refractivity contribution is 5.85. The van der Waals surface area contributed by atoms with Crippen molar-refractivity contribution >= 4 is 11.9 Å². The third-order valence-electron chi connectivity index (χ3n) is 7.43. The van der Waals surface area contributed by atoms with Gasteiger partial charge in [0.2, 0.25) is 5.91 Å².